The summed E-state index contributed by atoms with van der Waals surface area (Å²) in [5.74, 6) is 0.962. The number of aromatic nitrogens is 2. The maximum absolute atomic E-state index is 13.0. The normalized spacial score (nSPS) is 15.7. The molecule has 1 saturated carbocycles. The van der Waals surface area contributed by atoms with Gasteiger partial charge in [-0.1, -0.05) is 50.5 Å². The molecule has 168 valence electrons. The number of unbranched alkanes of at least 4 members (excludes halogenated alkanes) is 1. The van der Waals surface area contributed by atoms with Gasteiger partial charge in [-0.2, -0.15) is 0 Å². The van der Waals surface area contributed by atoms with Crippen molar-refractivity contribution in [3.63, 3.8) is 0 Å². The predicted octanol–water partition coefficient (Wildman–Crippen LogP) is 5.70. The SMILES string of the molecule is CCCCc1ncc(C=O)n1Cc1ccc(C(C(=O)OC(C)(C)C)C2CCCC2)cc1. The number of nitrogens with zero attached hydrogens (tertiary/aromatic N) is 2. The first-order valence-electron chi connectivity index (χ1n) is 11.6. The third-order valence-electron chi connectivity index (χ3n) is 6.06. The van der Waals surface area contributed by atoms with Crippen molar-refractivity contribution in [2.45, 2.75) is 90.7 Å². The predicted molar refractivity (Wildman–Crippen MR) is 122 cm³/mol. The number of hydrogen-bond donors (Lipinski definition) is 0. The fraction of sp³-hybridized carbons (Fsp3) is 0.577. The number of carbonyl (C=O) groups is 2. The van der Waals surface area contributed by atoms with E-state index >= 15 is 0 Å². The van der Waals surface area contributed by atoms with Crippen molar-refractivity contribution in [3.05, 3.63) is 53.1 Å². The molecule has 0 bridgehead atoms. The number of rotatable bonds is 9. The molecule has 1 aliphatic rings. The fourth-order valence-corrected chi connectivity index (χ4v) is 4.51. The molecule has 31 heavy (non-hydrogen) atoms. The largest absolute Gasteiger partial charge is 0.459 e. The van der Waals surface area contributed by atoms with Crippen molar-refractivity contribution in [1.82, 2.24) is 9.55 Å². The van der Waals surface area contributed by atoms with E-state index in [0.29, 0.717) is 18.2 Å². The Balaban J connectivity index is 1.81. The molecule has 0 saturated heterocycles. The molecule has 5 nitrogen and oxygen atoms in total. The van der Waals surface area contributed by atoms with E-state index < -0.39 is 5.60 Å². The summed E-state index contributed by atoms with van der Waals surface area (Å²) >= 11 is 0. The van der Waals surface area contributed by atoms with Gasteiger partial charge in [-0.15, -0.1) is 0 Å². The summed E-state index contributed by atoms with van der Waals surface area (Å²) in [6.45, 7) is 8.52. The highest BCUT2D eigenvalue weighted by Crippen LogP contribution is 2.39. The van der Waals surface area contributed by atoms with E-state index in [1.165, 1.54) is 12.8 Å². The van der Waals surface area contributed by atoms with Gasteiger partial charge in [-0.3, -0.25) is 9.59 Å². The number of aryl methyl sites for hydroxylation is 1. The summed E-state index contributed by atoms with van der Waals surface area (Å²) < 4.78 is 7.78. The molecule has 0 N–H and O–H groups in total. The Morgan fingerprint density at radius 1 is 1.23 bits per heavy atom. The maximum atomic E-state index is 13.0. The standard InChI is InChI=1S/C26H36N2O3/c1-5-6-11-23-27-16-22(18-29)28(23)17-19-12-14-21(15-13-19)24(20-9-7-8-10-20)25(30)31-26(2,3)4/h12-16,18,20,24H,5-11,17H2,1-4H3. The molecule has 1 aliphatic carbocycles. The highest BCUT2D eigenvalue weighted by Gasteiger charge is 2.35. The van der Waals surface area contributed by atoms with Crippen molar-refractivity contribution in [1.29, 1.82) is 0 Å². The Kier molecular flexibility index (Phi) is 7.69. The zero-order valence-electron chi connectivity index (χ0n) is 19.4. The van der Waals surface area contributed by atoms with Gasteiger partial charge >= 0.3 is 5.97 Å². The Bertz CT molecular complexity index is 871. The molecule has 5 heteroatoms. The van der Waals surface area contributed by atoms with Crippen LogP contribution >= 0.6 is 0 Å². The Hall–Kier alpha value is -2.43. The van der Waals surface area contributed by atoms with Crippen molar-refractivity contribution in [3.8, 4) is 0 Å². The second-order valence-electron chi connectivity index (χ2n) is 9.70. The molecular weight excluding hydrogens is 388 g/mol. The highest BCUT2D eigenvalue weighted by molar-refractivity contribution is 5.79. The van der Waals surface area contributed by atoms with Crippen molar-refractivity contribution in [2.24, 2.45) is 5.92 Å². The minimum atomic E-state index is -0.491. The van der Waals surface area contributed by atoms with Gasteiger partial charge in [0.2, 0.25) is 0 Å². The van der Waals surface area contributed by atoms with Gasteiger partial charge in [-0.05, 0) is 57.1 Å². The van der Waals surface area contributed by atoms with E-state index in [1.54, 1.807) is 6.20 Å². The van der Waals surface area contributed by atoms with E-state index in [4.69, 9.17) is 4.74 Å². The maximum Gasteiger partial charge on any atom is 0.314 e. The molecule has 1 fully saturated rings. The summed E-state index contributed by atoms with van der Waals surface area (Å²) in [5.41, 5.74) is 2.23. The van der Waals surface area contributed by atoms with Gasteiger partial charge in [0, 0.05) is 13.0 Å². The van der Waals surface area contributed by atoms with Gasteiger partial charge in [0.25, 0.3) is 0 Å². The molecule has 0 radical (unpaired) electrons. The van der Waals surface area contributed by atoms with Crippen LogP contribution in [0.15, 0.2) is 30.5 Å². The molecule has 2 aromatic rings. The van der Waals surface area contributed by atoms with Crippen LogP contribution in [-0.2, 0) is 22.5 Å². The van der Waals surface area contributed by atoms with Crippen LogP contribution in [0.25, 0.3) is 0 Å². The van der Waals surface area contributed by atoms with Crippen molar-refractivity contribution < 1.29 is 14.3 Å². The first kappa shape index (κ1) is 23.2. The Morgan fingerprint density at radius 3 is 2.48 bits per heavy atom. The number of benzene rings is 1. The lowest BCUT2D eigenvalue weighted by Crippen LogP contribution is -2.30. The fourth-order valence-electron chi connectivity index (χ4n) is 4.51. The van der Waals surface area contributed by atoms with Crippen molar-refractivity contribution >= 4 is 12.3 Å². The summed E-state index contributed by atoms with van der Waals surface area (Å²) in [4.78, 5) is 29.0. The quantitative estimate of drug-likeness (QED) is 0.382. The van der Waals surface area contributed by atoms with E-state index in [1.807, 2.05) is 25.3 Å². The van der Waals surface area contributed by atoms with Crippen LogP contribution in [0.1, 0.15) is 99.6 Å². The van der Waals surface area contributed by atoms with E-state index in [0.717, 1.165) is 55.3 Å². The lowest BCUT2D eigenvalue weighted by atomic mass is 9.84. The van der Waals surface area contributed by atoms with Gasteiger partial charge < -0.3 is 9.30 Å². The number of carbonyl (C=O) groups excluding carboxylic acids is 2. The van der Waals surface area contributed by atoms with Crippen LogP contribution in [0, 0.1) is 5.92 Å². The molecule has 3 rings (SSSR count). The van der Waals surface area contributed by atoms with Crippen LogP contribution in [0.3, 0.4) is 0 Å². The molecule has 1 heterocycles. The van der Waals surface area contributed by atoms with Crippen LogP contribution in [0.2, 0.25) is 0 Å². The Morgan fingerprint density at radius 2 is 1.90 bits per heavy atom. The summed E-state index contributed by atoms with van der Waals surface area (Å²) in [7, 11) is 0. The molecule has 1 aromatic carbocycles. The number of esters is 1. The van der Waals surface area contributed by atoms with Crippen LogP contribution in [0.5, 0.6) is 0 Å². The molecule has 1 atom stereocenters. The zero-order valence-corrected chi connectivity index (χ0v) is 19.4. The first-order valence-corrected chi connectivity index (χ1v) is 11.6. The third kappa shape index (κ3) is 6.05. The van der Waals surface area contributed by atoms with Crippen molar-refractivity contribution in [2.75, 3.05) is 0 Å². The van der Waals surface area contributed by atoms with Crippen LogP contribution in [0.4, 0.5) is 0 Å². The Labute approximate surface area is 186 Å². The lowest BCUT2D eigenvalue weighted by molar-refractivity contribution is -0.158. The lowest BCUT2D eigenvalue weighted by Gasteiger charge is -2.27. The second-order valence-corrected chi connectivity index (χ2v) is 9.70. The van der Waals surface area contributed by atoms with E-state index in [9.17, 15) is 9.59 Å². The summed E-state index contributed by atoms with van der Waals surface area (Å²) in [6, 6.07) is 8.26. The monoisotopic (exact) mass is 424 g/mol. The smallest absolute Gasteiger partial charge is 0.314 e. The van der Waals surface area contributed by atoms with Gasteiger partial charge in [0.1, 0.15) is 17.1 Å². The summed E-state index contributed by atoms with van der Waals surface area (Å²) in [6.07, 6.45) is 10.0. The molecule has 0 aliphatic heterocycles. The number of aldehydes is 1. The van der Waals surface area contributed by atoms with Crippen LogP contribution in [-0.4, -0.2) is 27.4 Å². The number of ether oxygens (including phenoxy) is 1. The molecule has 1 aromatic heterocycles. The average molecular weight is 425 g/mol. The van der Waals surface area contributed by atoms with E-state index in [-0.39, 0.29) is 11.9 Å². The number of hydrogen-bond acceptors (Lipinski definition) is 4. The summed E-state index contributed by atoms with van der Waals surface area (Å²) in [5, 5.41) is 0. The molecule has 1 unspecified atom stereocenters. The van der Waals surface area contributed by atoms with Gasteiger partial charge in [0.15, 0.2) is 6.29 Å². The number of imidazole rings is 1. The topological polar surface area (TPSA) is 61.2 Å². The molecule has 0 amide bonds. The van der Waals surface area contributed by atoms with Gasteiger partial charge in [0.05, 0.1) is 12.1 Å². The zero-order chi connectivity index (χ0) is 22.4. The third-order valence-corrected chi connectivity index (χ3v) is 6.06. The molecular formula is C26H36N2O3. The second kappa shape index (κ2) is 10.3. The molecule has 0 spiro atoms. The highest BCUT2D eigenvalue weighted by atomic mass is 16.6. The minimum absolute atomic E-state index is 0.119. The minimum Gasteiger partial charge on any atom is -0.459 e. The van der Waals surface area contributed by atoms with Crippen LogP contribution < -0.4 is 0 Å². The average Bonchev–Trinajstić information content (AvgIpc) is 3.37. The van der Waals surface area contributed by atoms with Gasteiger partial charge in [-0.25, -0.2) is 4.98 Å². The van der Waals surface area contributed by atoms with E-state index in [2.05, 4.69) is 36.2 Å². The first-order chi connectivity index (χ1) is 14.8.